The lowest BCUT2D eigenvalue weighted by atomic mass is 9.89. The molecule has 4 nitrogen and oxygen atoms in total. The van der Waals surface area contributed by atoms with Crippen molar-refractivity contribution in [3.05, 3.63) is 10.2 Å². The molecule has 0 radical (unpaired) electrons. The van der Waals surface area contributed by atoms with E-state index in [0.29, 0.717) is 12.0 Å². The van der Waals surface area contributed by atoms with E-state index in [9.17, 15) is 0 Å². The largest absolute Gasteiger partial charge is 0.369 e. The average molecular weight is 341 g/mol. The molecular formula is C15H25BrN4. The summed E-state index contributed by atoms with van der Waals surface area (Å²) in [5.74, 6) is 1.89. The number of anilines is 1. The molecule has 0 saturated carbocycles. The van der Waals surface area contributed by atoms with Gasteiger partial charge in [0.1, 0.15) is 5.82 Å². The standard InChI is InChI=1S/C15H25BrN4/c1-15(2,3)13-12(16)14-18-8-6-11(20(14)19-13)10-5-4-7-17-9-10/h10-11,17-18H,4-9H2,1-3H3. The van der Waals surface area contributed by atoms with Crippen LogP contribution in [-0.4, -0.2) is 29.4 Å². The van der Waals surface area contributed by atoms with E-state index in [1.165, 1.54) is 31.6 Å². The minimum Gasteiger partial charge on any atom is -0.369 e. The zero-order chi connectivity index (χ0) is 14.3. The van der Waals surface area contributed by atoms with Crippen molar-refractivity contribution >= 4 is 21.7 Å². The topological polar surface area (TPSA) is 41.9 Å². The molecule has 5 heteroatoms. The summed E-state index contributed by atoms with van der Waals surface area (Å²) in [6.07, 6.45) is 3.79. The molecular weight excluding hydrogens is 316 g/mol. The van der Waals surface area contributed by atoms with E-state index in [2.05, 4.69) is 52.0 Å². The van der Waals surface area contributed by atoms with Crippen LogP contribution in [0.3, 0.4) is 0 Å². The van der Waals surface area contributed by atoms with Gasteiger partial charge in [-0.1, -0.05) is 20.8 Å². The number of hydrogen-bond donors (Lipinski definition) is 2. The van der Waals surface area contributed by atoms with E-state index in [1.54, 1.807) is 0 Å². The predicted molar refractivity (Wildman–Crippen MR) is 86.4 cm³/mol. The predicted octanol–water partition coefficient (Wildman–Crippen LogP) is 3.30. The van der Waals surface area contributed by atoms with E-state index in [1.807, 2.05) is 0 Å². The van der Waals surface area contributed by atoms with Crippen molar-refractivity contribution in [2.75, 3.05) is 25.0 Å². The fourth-order valence-corrected chi connectivity index (χ4v) is 4.39. The summed E-state index contributed by atoms with van der Waals surface area (Å²) in [4.78, 5) is 0. The number of halogens is 1. The molecule has 0 amide bonds. The quantitative estimate of drug-likeness (QED) is 0.824. The summed E-state index contributed by atoms with van der Waals surface area (Å²) >= 11 is 3.76. The molecule has 20 heavy (non-hydrogen) atoms. The smallest absolute Gasteiger partial charge is 0.139 e. The van der Waals surface area contributed by atoms with Gasteiger partial charge in [0, 0.05) is 12.0 Å². The Bertz CT molecular complexity index is 483. The molecule has 0 aliphatic carbocycles. The van der Waals surface area contributed by atoms with Crippen molar-refractivity contribution in [2.45, 2.75) is 51.5 Å². The molecule has 0 spiro atoms. The summed E-state index contributed by atoms with van der Waals surface area (Å²) in [7, 11) is 0. The van der Waals surface area contributed by atoms with Crippen molar-refractivity contribution in [3.8, 4) is 0 Å². The van der Waals surface area contributed by atoms with Crippen LogP contribution in [0, 0.1) is 5.92 Å². The highest BCUT2D eigenvalue weighted by Gasteiger charge is 2.34. The van der Waals surface area contributed by atoms with E-state index >= 15 is 0 Å². The van der Waals surface area contributed by atoms with Gasteiger partial charge in [0.15, 0.2) is 0 Å². The van der Waals surface area contributed by atoms with Gasteiger partial charge in [0.2, 0.25) is 0 Å². The molecule has 1 aromatic rings. The molecule has 1 aromatic heterocycles. The maximum atomic E-state index is 4.96. The maximum absolute atomic E-state index is 4.96. The zero-order valence-electron chi connectivity index (χ0n) is 12.7. The molecule has 2 unspecified atom stereocenters. The normalized spacial score (nSPS) is 27.0. The molecule has 0 aromatic carbocycles. The minimum atomic E-state index is 0.0697. The molecule has 0 bridgehead atoms. The molecule has 3 rings (SSSR count). The third-order valence-corrected chi connectivity index (χ3v) is 5.24. The van der Waals surface area contributed by atoms with E-state index < -0.39 is 0 Å². The lowest BCUT2D eigenvalue weighted by Crippen LogP contribution is -2.38. The van der Waals surface area contributed by atoms with Gasteiger partial charge in [0.25, 0.3) is 0 Å². The maximum Gasteiger partial charge on any atom is 0.139 e. The fraction of sp³-hybridized carbons (Fsp3) is 0.800. The first-order valence-corrected chi connectivity index (χ1v) is 8.51. The van der Waals surface area contributed by atoms with Gasteiger partial charge in [-0.25, -0.2) is 4.68 Å². The van der Waals surface area contributed by atoms with Crippen LogP contribution in [0.4, 0.5) is 5.82 Å². The Labute approximate surface area is 129 Å². The number of nitrogens with zero attached hydrogens (tertiary/aromatic N) is 2. The Hall–Kier alpha value is -0.550. The van der Waals surface area contributed by atoms with Crippen molar-refractivity contribution in [3.63, 3.8) is 0 Å². The molecule has 1 saturated heterocycles. The van der Waals surface area contributed by atoms with Crippen molar-refractivity contribution in [1.82, 2.24) is 15.1 Å². The number of piperidine rings is 1. The second-order valence-electron chi connectivity index (χ2n) is 7.09. The van der Waals surface area contributed by atoms with Crippen LogP contribution >= 0.6 is 15.9 Å². The number of hydrogen-bond acceptors (Lipinski definition) is 3. The van der Waals surface area contributed by atoms with Crippen LogP contribution in [0.5, 0.6) is 0 Å². The van der Waals surface area contributed by atoms with Gasteiger partial charge in [-0.15, -0.1) is 0 Å². The Balaban J connectivity index is 1.96. The van der Waals surface area contributed by atoms with Crippen LogP contribution in [0.25, 0.3) is 0 Å². The highest BCUT2D eigenvalue weighted by Crippen LogP contribution is 2.41. The Morgan fingerprint density at radius 3 is 2.70 bits per heavy atom. The molecule has 1 fully saturated rings. The van der Waals surface area contributed by atoms with Gasteiger partial charge < -0.3 is 10.6 Å². The van der Waals surface area contributed by atoms with Crippen molar-refractivity contribution in [1.29, 1.82) is 0 Å². The molecule has 2 aliphatic rings. The summed E-state index contributed by atoms with van der Waals surface area (Å²) in [6.45, 7) is 10.0. The summed E-state index contributed by atoms with van der Waals surface area (Å²) in [5.41, 5.74) is 1.23. The van der Waals surface area contributed by atoms with Crippen LogP contribution in [0.15, 0.2) is 4.47 Å². The first-order chi connectivity index (χ1) is 9.48. The van der Waals surface area contributed by atoms with Crippen LogP contribution in [0.1, 0.15) is 51.8 Å². The third-order valence-electron chi connectivity index (χ3n) is 4.49. The second kappa shape index (κ2) is 5.34. The van der Waals surface area contributed by atoms with Gasteiger partial charge >= 0.3 is 0 Å². The van der Waals surface area contributed by atoms with Gasteiger partial charge in [-0.05, 0) is 54.2 Å². The van der Waals surface area contributed by atoms with E-state index in [4.69, 9.17) is 5.10 Å². The third kappa shape index (κ3) is 2.50. The first-order valence-electron chi connectivity index (χ1n) is 7.71. The number of fused-ring (bicyclic) bond motifs is 1. The van der Waals surface area contributed by atoms with Gasteiger partial charge in [0.05, 0.1) is 16.2 Å². The Morgan fingerprint density at radius 2 is 2.05 bits per heavy atom. The highest BCUT2D eigenvalue weighted by molar-refractivity contribution is 9.10. The van der Waals surface area contributed by atoms with E-state index in [-0.39, 0.29) is 5.41 Å². The SMILES string of the molecule is CC(C)(C)c1nn2c(c1Br)NCCC2C1CCCNC1. The Morgan fingerprint density at radius 1 is 1.25 bits per heavy atom. The van der Waals surface area contributed by atoms with Gasteiger partial charge in [-0.3, -0.25) is 0 Å². The monoisotopic (exact) mass is 340 g/mol. The van der Waals surface area contributed by atoms with E-state index in [0.717, 1.165) is 23.3 Å². The van der Waals surface area contributed by atoms with Crippen molar-refractivity contribution in [2.24, 2.45) is 5.92 Å². The number of aromatic nitrogens is 2. The van der Waals surface area contributed by atoms with Crippen LogP contribution < -0.4 is 10.6 Å². The summed E-state index contributed by atoms with van der Waals surface area (Å²) < 4.78 is 3.41. The van der Waals surface area contributed by atoms with Crippen LogP contribution in [0.2, 0.25) is 0 Å². The lowest BCUT2D eigenvalue weighted by Gasteiger charge is -2.34. The summed E-state index contributed by atoms with van der Waals surface area (Å²) in [5, 5.41) is 12.0. The number of nitrogens with one attached hydrogen (secondary N) is 2. The molecule has 2 atom stereocenters. The second-order valence-corrected chi connectivity index (χ2v) is 7.89. The molecule has 112 valence electrons. The lowest BCUT2D eigenvalue weighted by molar-refractivity contribution is 0.234. The zero-order valence-corrected chi connectivity index (χ0v) is 14.3. The number of rotatable bonds is 1. The van der Waals surface area contributed by atoms with Crippen molar-refractivity contribution < 1.29 is 0 Å². The molecule has 2 aliphatic heterocycles. The first kappa shape index (κ1) is 14.4. The highest BCUT2D eigenvalue weighted by atomic mass is 79.9. The molecule has 2 N–H and O–H groups in total. The van der Waals surface area contributed by atoms with Crippen LogP contribution in [-0.2, 0) is 5.41 Å². The Kier molecular flexibility index (Phi) is 3.84. The van der Waals surface area contributed by atoms with Gasteiger partial charge in [-0.2, -0.15) is 5.10 Å². The fourth-order valence-electron chi connectivity index (χ4n) is 3.40. The minimum absolute atomic E-state index is 0.0697. The molecule has 3 heterocycles. The average Bonchev–Trinajstić information content (AvgIpc) is 2.77. The summed E-state index contributed by atoms with van der Waals surface area (Å²) in [6, 6.07) is 0.534.